The third-order valence-electron chi connectivity index (χ3n) is 4.44. The number of rotatable bonds is 6. The molecule has 0 N–H and O–H groups in total. The Morgan fingerprint density at radius 1 is 1.52 bits per heavy atom. The van der Waals surface area contributed by atoms with Crippen LogP contribution in [0.15, 0.2) is 12.4 Å². The number of hydrogen-bond acceptors (Lipinski definition) is 3. The summed E-state index contributed by atoms with van der Waals surface area (Å²) in [6.45, 7) is 5.00. The number of aryl methyl sites for hydroxylation is 1. The molecule has 0 saturated heterocycles. The van der Waals surface area contributed by atoms with Crippen molar-refractivity contribution in [3.05, 3.63) is 18.2 Å². The average Bonchev–Trinajstić information content (AvgIpc) is 3.11. The standard InChI is InChI=1S/C16H27N3OS/c1-12(2)16-17-9-11-19(16)10-8-15(20)18(3)13-6-5-7-14(13)21-4/h9,11-14H,5-8,10H2,1-4H3/t13-,14-/m0/s1. The van der Waals surface area contributed by atoms with Crippen LogP contribution in [0.4, 0.5) is 0 Å². The van der Waals surface area contributed by atoms with Crippen LogP contribution in [0.3, 0.4) is 0 Å². The van der Waals surface area contributed by atoms with Gasteiger partial charge in [0, 0.05) is 49.6 Å². The molecule has 21 heavy (non-hydrogen) atoms. The predicted molar refractivity (Wildman–Crippen MR) is 88.6 cm³/mol. The van der Waals surface area contributed by atoms with Crippen LogP contribution in [0.2, 0.25) is 0 Å². The van der Waals surface area contributed by atoms with E-state index in [0.29, 0.717) is 23.6 Å². The molecule has 1 aromatic heterocycles. The first-order valence-corrected chi connectivity index (χ1v) is 9.12. The number of carbonyl (C=O) groups is 1. The molecule has 1 saturated carbocycles. The second kappa shape index (κ2) is 7.34. The monoisotopic (exact) mass is 309 g/mol. The predicted octanol–water partition coefficient (Wildman–Crippen LogP) is 3.14. The zero-order chi connectivity index (χ0) is 15.4. The summed E-state index contributed by atoms with van der Waals surface area (Å²) in [6.07, 6.45) is 10.1. The van der Waals surface area contributed by atoms with E-state index in [1.165, 1.54) is 12.8 Å². The fourth-order valence-corrected chi connectivity index (χ4v) is 4.25. The normalized spacial score (nSPS) is 22.0. The zero-order valence-corrected chi connectivity index (χ0v) is 14.4. The van der Waals surface area contributed by atoms with Gasteiger partial charge in [0.25, 0.3) is 0 Å². The van der Waals surface area contributed by atoms with Crippen LogP contribution < -0.4 is 0 Å². The molecule has 1 fully saturated rings. The van der Waals surface area contributed by atoms with Crippen molar-refractivity contribution in [3.63, 3.8) is 0 Å². The Hall–Kier alpha value is -0.970. The van der Waals surface area contributed by atoms with Crippen LogP contribution >= 0.6 is 11.8 Å². The lowest BCUT2D eigenvalue weighted by Gasteiger charge is -2.29. The summed E-state index contributed by atoms with van der Waals surface area (Å²) in [6, 6.07) is 0.417. The highest BCUT2D eigenvalue weighted by atomic mass is 32.2. The highest BCUT2D eigenvalue weighted by Crippen LogP contribution is 2.31. The third kappa shape index (κ3) is 3.82. The quantitative estimate of drug-likeness (QED) is 0.810. The van der Waals surface area contributed by atoms with Gasteiger partial charge in [-0.05, 0) is 19.1 Å². The summed E-state index contributed by atoms with van der Waals surface area (Å²) in [5.74, 6) is 1.71. The van der Waals surface area contributed by atoms with Crippen molar-refractivity contribution >= 4 is 17.7 Å². The molecule has 0 radical (unpaired) electrons. The van der Waals surface area contributed by atoms with Crippen LogP contribution in [-0.2, 0) is 11.3 Å². The maximum absolute atomic E-state index is 12.5. The van der Waals surface area contributed by atoms with Crippen LogP contribution in [-0.4, -0.2) is 45.0 Å². The van der Waals surface area contributed by atoms with E-state index in [0.717, 1.165) is 18.8 Å². The molecular formula is C16H27N3OS. The van der Waals surface area contributed by atoms with Gasteiger partial charge in [-0.15, -0.1) is 0 Å². The molecule has 1 aromatic rings. The number of aromatic nitrogens is 2. The Balaban J connectivity index is 1.90. The van der Waals surface area contributed by atoms with E-state index in [1.54, 1.807) is 0 Å². The van der Waals surface area contributed by atoms with Crippen molar-refractivity contribution in [2.75, 3.05) is 13.3 Å². The first-order valence-electron chi connectivity index (χ1n) is 7.84. The number of amides is 1. The number of imidazole rings is 1. The fraction of sp³-hybridized carbons (Fsp3) is 0.750. The van der Waals surface area contributed by atoms with Crippen molar-refractivity contribution in [1.29, 1.82) is 0 Å². The van der Waals surface area contributed by atoms with E-state index < -0.39 is 0 Å². The molecule has 0 aromatic carbocycles. The van der Waals surface area contributed by atoms with Crippen molar-refractivity contribution < 1.29 is 4.79 Å². The third-order valence-corrected chi connectivity index (χ3v) is 5.60. The maximum Gasteiger partial charge on any atom is 0.224 e. The Labute approximate surface area is 132 Å². The molecule has 4 nitrogen and oxygen atoms in total. The summed E-state index contributed by atoms with van der Waals surface area (Å²) in [7, 11) is 1.97. The molecule has 0 spiro atoms. The van der Waals surface area contributed by atoms with Crippen molar-refractivity contribution in [2.45, 2.75) is 63.3 Å². The minimum atomic E-state index is 0.254. The summed E-state index contributed by atoms with van der Waals surface area (Å²) < 4.78 is 2.11. The van der Waals surface area contributed by atoms with Gasteiger partial charge in [-0.2, -0.15) is 11.8 Å². The minimum absolute atomic E-state index is 0.254. The van der Waals surface area contributed by atoms with Crippen LogP contribution in [0, 0.1) is 0 Å². The van der Waals surface area contributed by atoms with Crippen molar-refractivity contribution in [3.8, 4) is 0 Å². The molecule has 1 aliphatic rings. The van der Waals surface area contributed by atoms with E-state index in [-0.39, 0.29) is 5.91 Å². The van der Waals surface area contributed by atoms with Gasteiger partial charge in [-0.25, -0.2) is 4.98 Å². The second-order valence-corrected chi connectivity index (χ2v) is 7.24. The molecule has 5 heteroatoms. The number of carbonyl (C=O) groups excluding carboxylic acids is 1. The molecule has 0 aliphatic heterocycles. The molecule has 0 bridgehead atoms. The van der Waals surface area contributed by atoms with Gasteiger partial charge < -0.3 is 9.47 Å². The summed E-state index contributed by atoms with van der Waals surface area (Å²) in [5.41, 5.74) is 0. The van der Waals surface area contributed by atoms with Gasteiger partial charge in [0.05, 0.1) is 0 Å². The molecule has 0 unspecified atom stereocenters. The van der Waals surface area contributed by atoms with E-state index in [4.69, 9.17) is 0 Å². The largest absolute Gasteiger partial charge is 0.342 e. The van der Waals surface area contributed by atoms with E-state index in [1.807, 2.05) is 36.1 Å². The van der Waals surface area contributed by atoms with Crippen LogP contribution in [0.1, 0.15) is 51.3 Å². The molecule has 118 valence electrons. The zero-order valence-electron chi connectivity index (χ0n) is 13.6. The Morgan fingerprint density at radius 3 is 2.95 bits per heavy atom. The first-order chi connectivity index (χ1) is 10.0. The maximum atomic E-state index is 12.5. The average molecular weight is 309 g/mol. The summed E-state index contributed by atoms with van der Waals surface area (Å²) in [4.78, 5) is 18.8. The highest BCUT2D eigenvalue weighted by Gasteiger charge is 2.31. The minimum Gasteiger partial charge on any atom is -0.342 e. The van der Waals surface area contributed by atoms with Gasteiger partial charge >= 0.3 is 0 Å². The SMILES string of the molecule is CS[C@H]1CCC[C@@H]1N(C)C(=O)CCn1ccnc1C(C)C. The molecule has 1 heterocycles. The first kappa shape index (κ1) is 16.4. The lowest BCUT2D eigenvalue weighted by molar-refractivity contribution is -0.132. The Kier molecular flexibility index (Phi) is 5.73. The van der Waals surface area contributed by atoms with Gasteiger partial charge in [0.1, 0.15) is 5.82 Å². The van der Waals surface area contributed by atoms with Gasteiger partial charge in [-0.1, -0.05) is 20.3 Å². The van der Waals surface area contributed by atoms with Crippen molar-refractivity contribution in [2.24, 2.45) is 0 Å². The van der Waals surface area contributed by atoms with Crippen LogP contribution in [0.25, 0.3) is 0 Å². The second-order valence-electron chi connectivity index (χ2n) is 6.16. The number of thioether (sulfide) groups is 1. The van der Waals surface area contributed by atoms with Gasteiger partial charge in [-0.3, -0.25) is 4.79 Å². The fourth-order valence-electron chi connectivity index (χ4n) is 3.21. The van der Waals surface area contributed by atoms with E-state index in [2.05, 4.69) is 29.7 Å². The molecule has 2 atom stereocenters. The lowest BCUT2D eigenvalue weighted by atomic mass is 10.2. The van der Waals surface area contributed by atoms with Crippen molar-refractivity contribution in [1.82, 2.24) is 14.5 Å². The van der Waals surface area contributed by atoms with Crippen LogP contribution in [0.5, 0.6) is 0 Å². The molecule has 1 amide bonds. The molecule has 1 aliphatic carbocycles. The van der Waals surface area contributed by atoms with Gasteiger partial charge in [0.15, 0.2) is 0 Å². The number of nitrogens with zero attached hydrogens (tertiary/aromatic N) is 3. The smallest absolute Gasteiger partial charge is 0.224 e. The summed E-state index contributed by atoms with van der Waals surface area (Å²) >= 11 is 1.90. The lowest BCUT2D eigenvalue weighted by Crippen LogP contribution is -2.40. The summed E-state index contributed by atoms with van der Waals surface area (Å²) in [5, 5.41) is 0.610. The molecule has 2 rings (SSSR count). The van der Waals surface area contributed by atoms with E-state index in [9.17, 15) is 4.79 Å². The Bertz CT molecular complexity index is 472. The topological polar surface area (TPSA) is 38.1 Å². The highest BCUT2D eigenvalue weighted by molar-refractivity contribution is 7.99. The number of hydrogen-bond donors (Lipinski definition) is 0. The van der Waals surface area contributed by atoms with Gasteiger partial charge in [0.2, 0.25) is 5.91 Å². The van der Waals surface area contributed by atoms with E-state index >= 15 is 0 Å². The Morgan fingerprint density at radius 2 is 2.29 bits per heavy atom. The molecular weight excluding hydrogens is 282 g/mol.